The minimum atomic E-state index is -0.558. The Morgan fingerprint density at radius 2 is 1.57 bits per heavy atom. The van der Waals surface area contributed by atoms with E-state index < -0.39 is 6.10 Å². The number of hydrogen-bond acceptors (Lipinski definition) is 3. The maximum Gasteiger partial charge on any atom is 0.340 e. The average Bonchev–Trinajstić information content (AvgIpc) is 2.60. The van der Waals surface area contributed by atoms with Gasteiger partial charge in [-0.2, -0.15) is 0 Å². The van der Waals surface area contributed by atoms with Crippen LogP contribution in [0.4, 0.5) is 0 Å². The van der Waals surface area contributed by atoms with E-state index in [0.29, 0.717) is 18.3 Å². The summed E-state index contributed by atoms with van der Waals surface area (Å²) in [7, 11) is 0. The Balaban J connectivity index is 1.91. The van der Waals surface area contributed by atoms with Crippen molar-refractivity contribution in [3.8, 4) is 16.9 Å². The lowest BCUT2D eigenvalue weighted by molar-refractivity contribution is -0.146. The Bertz CT molecular complexity index is 605. The van der Waals surface area contributed by atoms with Crippen LogP contribution in [0.1, 0.15) is 27.2 Å². The molecule has 0 aliphatic heterocycles. The van der Waals surface area contributed by atoms with E-state index in [-0.39, 0.29) is 5.97 Å². The number of ether oxygens (including phenoxy) is 2. The summed E-state index contributed by atoms with van der Waals surface area (Å²) < 4.78 is 10.9. The zero-order valence-electron chi connectivity index (χ0n) is 14.0. The molecule has 23 heavy (non-hydrogen) atoms. The molecule has 0 amide bonds. The fourth-order valence-electron chi connectivity index (χ4n) is 2.04. The number of carbonyl (C=O) groups excluding carboxylic acids is 1. The summed E-state index contributed by atoms with van der Waals surface area (Å²) in [6.45, 7) is 6.49. The lowest BCUT2D eigenvalue weighted by Crippen LogP contribution is -2.27. The molecule has 0 aliphatic rings. The maximum absolute atomic E-state index is 12.0. The molecule has 2 aromatic carbocycles. The first kappa shape index (κ1) is 17.2. The van der Waals surface area contributed by atoms with Gasteiger partial charge < -0.3 is 9.47 Å². The second-order valence-corrected chi connectivity index (χ2v) is 5.80. The Labute approximate surface area is 138 Å². The molecule has 0 aliphatic carbocycles. The molecule has 2 aromatic rings. The molecule has 0 radical (unpaired) electrons. The van der Waals surface area contributed by atoms with Gasteiger partial charge in [-0.15, -0.1) is 0 Å². The Morgan fingerprint density at radius 1 is 0.957 bits per heavy atom. The minimum absolute atomic E-state index is 0.360. The first-order valence-corrected chi connectivity index (χ1v) is 8.09. The van der Waals surface area contributed by atoms with Gasteiger partial charge in [-0.3, -0.25) is 0 Å². The molecule has 1 unspecified atom stereocenters. The van der Waals surface area contributed by atoms with Crippen LogP contribution in [-0.2, 0) is 9.53 Å². The summed E-state index contributed by atoms with van der Waals surface area (Å²) in [4.78, 5) is 12.0. The number of benzene rings is 2. The quantitative estimate of drug-likeness (QED) is 0.548. The largest absolute Gasteiger partial charge is 0.425 e. The number of carbonyl (C=O) groups is 1. The highest BCUT2D eigenvalue weighted by atomic mass is 16.6. The first-order chi connectivity index (χ1) is 11.1. The highest BCUT2D eigenvalue weighted by molar-refractivity contribution is 5.77. The van der Waals surface area contributed by atoms with Crippen molar-refractivity contribution >= 4 is 5.97 Å². The molecule has 0 aromatic heterocycles. The van der Waals surface area contributed by atoms with Crippen LogP contribution in [0.15, 0.2) is 54.6 Å². The zero-order valence-corrected chi connectivity index (χ0v) is 14.0. The van der Waals surface area contributed by atoms with E-state index >= 15 is 0 Å². The van der Waals surface area contributed by atoms with Gasteiger partial charge in [0.05, 0.1) is 6.61 Å². The van der Waals surface area contributed by atoms with Gasteiger partial charge in [0.15, 0.2) is 6.10 Å². The third kappa shape index (κ3) is 5.22. The number of hydrogen-bond donors (Lipinski definition) is 0. The van der Waals surface area contributed by atoms with Crippen molar-refractivity contribution in [1.82, 2.24) is 0 Å². The molecule has 3 heteroatoms. The molecular formula is C20H24O3. The molecule has 0 bridgehead atoms. The summed E-state index contributed by atoms with van der Waals surface area (Å²) in [5.41, 5.74) is 2.22. The van der Waals surface area contributed by atoms with E-state index in [1.165, 1.54) is 0 Å². The Kier molecular flexibility index (Phi) is 6.36. The molecule has 0 N–H and O–H groups in total. The summed E-state index contributed by atoms with van der Waals surface area (Å²) >= 11 is 0. The lowest BCUT2D eigenvalue weighted by Gasteiger charge is -2.15. The lowest BCUT2D eigenvalue weighted by atomic mass is 10.1. The fourth-order valence-corrected chi connectivity index (χ4v) is 2.04. The molecule has 122 valence electrons. The van der Waals surface area contributed by atoms with Crippen molar-refractivity contribution in [3.05, 3.63) is 54.6 Å². The van der Waals surface area contributed by atoms with Crippen molar-refractivity contribution in [2.75, 3.05) is 6.61 Å². The third-order valence-corrected chi connectivity index (χ3v) is 3.84. The monoisotopic (exact) mass is 312 g/mol. The SMILES string of the molecule is CC[C@H](C)COC(C)C(=O)Oc1ccc(-c2ccccc2)cc1. The van der Waals surface area contributed by atoms with Crippen LogP contribution in [0.25, 0.3) is 11.1 Å². The summed E-state index contributed by atoms with van der Waals surface area (Å²) in [6, 6.07) is 17.6. The second-order valence-electron chi connectivity index (χ2n) is 5.80. The zero-order chi connectivity index (χ0) is 16.7. The highest BCUT2D eigenvalue weighted by Gasteiger charge is 2.16. The van der Waals surface area contributed by atoms with E-state index in [1.807, 2.05) is 54.6 Å². The molecule has 0 heterocycles. The van der Waals surface area contributed by atoms with Gasteiger partial charge in [0.2, 0.25) is 0 Å². The molecule has 0 fully saturated rings. The topological polar surface area (TPSA) is 35.5 Å². The van der Waals surface area contributed by atoms with Gasteiger partial charge in [0, 0.05) is 0 Å². The molecule has 2 rings (SSSR count). The summed E-state index contributed by atoms with van der Waals surface area (Å²) in [6.07, 6.45) is 0.473. The molecule has 3 nitrogen and oxygen atoms in total. The van der Waals surface area contributed by atoms with E-state index in [1.54, 1.807) is 6.92 Å². The summed E-state index contributed by atoms with van der Waals surface area (Å²) in [5, 5.41) is 0. The van der Waals surface area contributed by atoms with Gasteiger partial charge >= 0.3 is 5.97 Å². The summed E-state index contributed by atoms with van der Waals surface area (Å²) in [5.74, 6) is 0.616. The number of esters is 1. The maximum atomic E-state index is 12.0. The van der Waals surface area contributed by atoms with Crippen LogP contribution in [0.3, 0.4) is 0 Å². The van der Waals surface area contributed by atoms with Crippen molar-refractivity contribution < 1.29 is 14.3 Å². The van der Waals surface area contributed by atoms with Crippen LogP contribution in [0.5, 0.6) is 5.75 Å². The van der Waals surface area contributed by atoms with E-state index in [0.717, 1.165) is 17.5 Å². The van der Waals surface area contributed by atoms with Gasteiger partial charge in [-0.1, -0.05) is 62.7 Å². The minimum Gasteiger partial charge on any atom is -0.425 e. The van der Waals surface area contributed by atoms with Crippen LogP contribution < -0.4 is 4.74 Å². The number of rotatable bonds is 7. The van der Waals surface area contributed by atoms with Crippen molar-refractivity contribution in [1.29, 1.82) is 0 Å². The van der Waals surface area contributed by atoms with E-state index in [9.17, 15) is 4.79 Å². The molecular weight excluding hydrogens is 288 g/mol. The molecule has 2 atom stereocenters. The van der Waals surface area contributed by atoms with Gasteiger partial charge in [-0.05, 0) is 36.1 Å². The van der Waals surface area contributed by atoms with E-state index in [4.69, 9.17) is 9.47 Å². The van der Waals surface area contributed by atoms with Gasteiger partial charge in [0.25, 0.3) is 0 Å². The highest BCUT2D eigenvalue weighted by Crippen LogP contribution is 2.22. The molecule has 0 spiro atoms. The van der Waals surface area contributed by atoms with E-state index in [2.05, 4.69) is 13.8 Å². The van der Waals surface area contributed by atoms with Crippen molar-refractivity contribution in [2.45, 2.75) is 33.3 Å². The first-order valence-electron chi connectivity index (χ1n) is 8.09. The van der Waals surface area contributed by atoms with Crippen molar-refractivity contribution in [3.63, 3.8) is 0 Å². The normalized spacial score (nSPS) is 13.3. The average molecular weight is 312 g/mol. The molecule has 0 saturated carbocycles. The van der Waals surface area contributed by atoms with Crippen LogP contribution in [0, 0.1) is 5.92 Å². The Hall–Kier alpha value is -2.13. The predicted octanol–water partition coefficient (Wildman–Crippen LogP) is 4.71. The smallest absolute Gasteiger partial charge is 0.340 e. The van der Waals surface area contributed by atoms with Crippen molar-refractivity contribution in [2.24, 2.45) is 5.92 Å². The van der Waals surface area contributed by atoms with Crippen LogP contribution in [-0.4, -0.2) is 18.7 Å². The standard InChI is InChI=1S/C20H24O3/c1-4-15(2)14-22-16(3)20(21)23-19-12-10-18(11-13-19)17-8-6-5-7-9-17/h5-13,15-16H,4,14H2,1-3H3/t15-,16?/m0/s1. The van der Waals surface area contributed by atoms with Crippen LogP contribution >= 0.6 is 0 Å². The van der Waals surface area contributed by atoms with Gasteiger partial charge in [-0.25, -0.2) is 4.79 Å². The third-order valence-electron chi connectivity index (χ3n) is 3.84. The van der Waals surface area contributed by atoms with Gasteiger partial charge in [0.1, 0.15) is 5.75 Å². The molecule has 0 saturated heterocycles. The fraction of sp³-hybridized carbons (Fsp3) is 0.350. The van der Waals surface area contributed by atoms with Crippen LogP contribution in [0.2, 0.25) is 0 Å². The Morgan fingerprint density at radius 3 is 2.17 bits per heavy atom. The predicted molar refractivity (Wildman–Crippen MR) is 92.4 cm³/mol. The second kappa shape index (κ2) is 8.49.